The van der Waals surface area contributed by atoms with Gasteiger partial charge >= 0.3 is 0 Å². The van der Waals surface area contributed by atoms with Crippen molar-refractivity contribution in [1.82, 2.24) is 15.3 Å². The maximum Gasteiger partial charge on any atom is 0.244 e. The quantitative estimate of drug-likeness (QED) is 0.832. The molecule has 1 aromatic heterocycles. The normalized spacial score (nSPS) is 10.9. The molecule has 0 unspecified atom stereocenters. The van der Waals surface area contributed by atoms with Crippen molar-refractivity contribution in [2.24, 2.45) is 0 Å². The predicted octanol–water partition coefficient (Wildman–Crippen LogP) is 2.74. The monoisotopic (exact) mass is 289 g/mol. The summed E-state index contributed by atoms with van der Waals surface area (Å²) in [5.74, 6) is -0.124. The summed E-state index contributed by atoms with van der Waals surface area (Å²) in [4.78, 5) is 18.5. The first kappa shape index (κ1) is 14.3. The van der Waals surface area contributed by atoms with Crippen molar-refractivity contribution in [2.45, 2.75) is 13.3 Å². The zero-order valence-electron chi connectivity index (χ0n) is 11.2. The summed E-state index contributed by atoms with van der Waals surface area (Å²) in [6.45, 7) is 2.51. The van der Waals surface area contributed by atoms with Crippen LogP contribution < -0.4 is 5.32 Å². The second-order valence-electron chi connectivity index (χ2n) is 4.46. The average molecular weight is 290 g/mol. The molecule has 2 rings (SSSR count). The standard InChI is InChI=1S/C15H16ClN3O/c1-11-2-3-12(8-14(11)16)4-5-15(20)18-7-6-13-9-17-10-19-13/h2-5,8-10H,6-7H2,1H3,(H,17,19)(H,18,20). The first-order valence-electron chi connectivity index (χ1n) is 6.34. The van der Waals surface area contributed by atoms with Gasteiger partial charge in [-0.25, -0.2) is 4.98 Å². The smallest absolute Gasteiger partial charge is 0.244 e. The molecule has 0 bridgehead atoms. The number of hydrogen-bond donors (Lipinski definition) is 2. The van der Waals surface area contributed by atoms with Crippen LogP contribution in [-0.2, 0) is 11.2 Å². The van der Waals surface area contributed by atoms with Crippen molar-refractivity contribution < 1.29 is 4.79 Å². The Kier molecular flexibility index (Phi) is 4.96. The summed E-state index contributed by atoms with van der Waals surface area (Å²) in [6.07, 6.45) is 7.36. The fourth-order valence-corrected chi connectivity index (χ4v) is 1.87. The number of aromatic amines is 1. The van der Waals surface area contributed by atoms with E-state index in [0.29, 0.717) is 11.6 Å². The van der Waals surface area contributed by atoms with Crippen molar-refractivity contribution >= 4 is 23.6 Å². The van der Waals surface area contributed by atoms with Crippen LogP contribution in [0.4, 0.5) is 0 Å². The number of aryl methyl sites for hydroxylation is 1. The lowest BCUT2D eigenvalue weighted by Crippen LogP contribution is -2.23. The second kappa shape index (κ2) is 6.91. The third-order valence-corrected chi connectivity index (χ3v) is 3.28. The van der Waals surface area contributed by atoms with E-state index in [-0.39, 0.29) is 5.91 Å². The molecular weight excluding hydrogens is 274 g/mol. The number of nitrogens with one attached hydrogen (secondary N) is 2. The van der Waals surface area contributed by atoms with Crippen molar-refractivity contribution in [1.29, 1.82) is 0 Å². The summed E-state index contributed by atoms with van der Waals surface area (Å²) in [5, 5.41) is 3.51. The van der Waals surface area contributed by atoms with Crippen LogP contribution in [0.1, 0.15) is 16.8 Å². The van der Waals surface area contributed by atoms with E-state index in [9.17, 15) is 4.79 Å². The summed E-state index contributed by atoms with van der Waals surface area (Å²) in [5.41, 5.74) is 2.93. The number of nitrogens with zero attached hydrogens (tertiary/aromatic N) is 1. The van der Waals surface area contributed by atoms with Crippen LogP contribution in [0.25, 0.3) is 6.08 Å². The summed E-state index contributed by atoms with van der Waals surface area (Å²) >= 11 is 6.03. The maximum absolute atomic E-state index is 11.6. The molecule has 5 heteroatoms. The van der Waals surface area contributed by atoms with Crippen LogP contribution in [0.2, 0.25) is 5.02 Å². The minimum atomic E-state index is -0.124. The van der Waals surface area contributed by atoms with Crippen LogP contribution in [0.3, 0.4) is 0 Å². The Morgan fingerprint density at radius 2 is 2.35 bits per heavy atom. The predicted molar refractivity (Wildman–Crippen MR) is 80.5 cm³/mol. The van der Waals surface area contributed by atoms with Gasteiger partial charge in [-0.2, -0.15) is 0 Å². The Hall–Kier alpha value is -2.07. The highest BCUT2D eigenvalue weighted by Gasteiger charge is 1.98. The average Bonchev–Trinajstić information content (AvgIpc) is 2.93. The van der Waals surface area contributed by atoms with Gasteiger partial charge < -0.3 is 10.3 Å². The van der Waals surface area contributed by atoms with Gasteiger partial charge in [0, 0.05) is 36.0 Å². The highest BCUT2D eigenvalue weighted by atomic mass is 35.5. The molecule has 0 aliphatic carbocycles. The highest BCUT2D eigenvalue weighted by molar-refractivity contribution is 6.31. The molecule has 4 nitrogen and oxygen atoms in total. The van der Waals surface area contributed by atoms with Gasteiger partial charge in [-0.1, -0.05) is 23.7 Å². The Labute approximate surface area is 122 Å². The molecule has 1 amide bonds. The Morgan fingerprint density at radius 1 is 1.50 bits per heavy atom. The maximum atomic E-state index is 11.6. The van der Waals surface area contributed by atoms with Crippen LogP contribution in [0.5, 0.6) is 0 Å². The summed E-state index contributed by atoms with van der Waals surface area (Å²) < 4.78 is 0. The van der Waals surface area contributed by atoms with Gasteiger partial charge in [0.1, 0.15) is 0 Å². The molecule has 1 heterocycles. The van der Waals surface area contributed by atoms with Gasteiger partial charge in [-0.15, -0.1) is 0 Å². The lowest BCUT2D eigenvalue weighted by atomic mass is 10.1. The number of benzene rings is 1. The third kappa shape index (κ3) is 4.24. The van der Waals surface area contributed by atoms with Crippen molar-refractivity contribution in [2.75, 3.05) is 6.54 Å². The number of imidazole rings is 1. The largest absolute Gasteiger partial charge is 0.352 e. The number of carbonyl (C=O) groups excluding carboxylic acids is 1. The number of rotatable bonds is 5. The minimum Gasteiger partial charge on any atom is -0.352 e. The molecule has 0 atom stereocenters. The van der Waals surface area contributed by atoms with Gasteiger partial charge in [0.2, 0.25) is 5.91 Å². The van der Waals surface area contributed by atoms with Crippen molar-refractivity contribution in [3.8, 4) is 0 Å². The van der Waals surface area contributed by atoms with Gasteiger partial charge in [-0.05, 0) is 30.2 Å². The van der Waals surface area contributed by atoms with Gasteiger partial charge in [-0.3, -0.25) is 4.79 Å². The van der Waals surface area contributed by atoms with E-state index in [1.807, 2.05) is 25.1 Å². The Morgan fingerprint density at radius 3 is 3.05 bits per heavy atom. The Bertz CT molecular complexity index is 606. The molecule has 2 N–H and O–H groups in total. The minimum absolute atomic E-state index is 0.124. The van der Waals surface area contributed by atoms with Crippen molar-refractivity contribution in [3.63, 3.8) is 0 Å². The van der Waals surface area contributed by atoms with Gasteiger partial charge in [0.05, 0.1) is 6.33 Å². The molecule has 0 spiro atoms. The first-order chi connectivity index (χ1) is 9.65. The number of carbonyl (C=O) groups is 1. The molecule has 0 fully saturated rings. The molecule has 0 radical (unpaired) electrons. The zero-order valence-corrected chi connectivity index (χ0v) is 11.9. The van der Waals surface area contributed by atoms with E-state index in [2.05, 4.69) is 15.3 Å². The fraction of sp³-hybridized carbons (Fsp3) is 0.200. The van der Waals surface area contributed by atoms with E-state index in [4.69, 9.17) is 11.6 Å². The number of hydrogen-bond acceptors (Lipinski definition) is 2. The molecule has 1 aromatic carbocycles. The van der Waals surface area contributed by atoms with Gasteiger partial charge in [0.15, 0.2) is 0 Å². The number of amides is 1. The van der Waals surface area contributed by atoms with Gasteiger partial charge in [0.25, 0.3) is 0 Å². The molecule has 2 aromatic rings. The first-order valence-corrected chi connectivity index (χ1v) is 6.72. The summed E-state index contributed by atoms with van der Waals surface area (Å²) in [7, 11) is 0. The third-order valence-electron chi connectivity index (χ3n) is 2.87. The Balaban J connectivity index is 1.81. The number of aromatic nitrogens is 2. The van der Waals surface area contributed by atoms with E-state index in [1.54, 1.807) is 18.6 Å². The van der Waals surface area contributed by atoms with Crippen molar-refractivity contribution in [3.05, 3.63) is 58.6 Å². The van der Waals surface area contributed by atoms with E-state index < -0.39 is 0 Å². The number of H-pyrrole nitrogens is 1. The molecule has 0 aliphatic rings. The second-order valence-corrected chi connectivity index (χ2v) is 4.87. The fourth-order valence-electron chi connectivity index (χ4n) is 1.69. The van der Waals surface area contributed by atoms with Crippen LogP contribution in [-0.4, -0.2) is 22.4 Å². The zero-order chi connectivity index (χ0) is 14.4. The molecule has 0 saturated heterocycles. The van der Waals surface area contributed by atoms with Crippen LogP contribution in [0, 0.1) is 6.92 Å². The molecule has 0 aliphatic heterocycles. The van der Waals surface area contributed by atoms with Crippen LogP contribution >= 0.6 is 11.6 Å². The molecule has 20 heavy (non-hydrogen) atoms. The molecule has 0 saturated carbocycles. The summed E-state index contributed by atoms with van der Waals surface area (Å²) in [6, 6.07) is 5.69. The van der Waals surface area contributed by atoms with Crippen LogP contribution in [0.15, 0.2) is 36.8 Å². The molecular formula is C15H16ClN3O. The van der Waals surface area contributed by atoms with E-state index in [0.717, 1.165) is 23.2 Å². The SMILES string of the molecule is Cc1ccc(C=CC(=O)NCCc2cnc[nH]2)cc1Cl. The van der Waals surface area contributed by atoms with E-state index in [1.165, 1.54) is 6.08 Å². The topological polar surface area (TPSA) is 57.8 Å². The lowest BCUT2D eigenvalue weighted by molar-refractivity contribution is -0.116. The lowest BCUT2D eigenvalue weighted by Gasteiger charge is -2.01. The molecule has 104 valence electrons. The highest BCUT2D eigenvalue weighted by Crippen LogP contribution is 2.17. The number of halogens is 1. The van der Waals surface area contributed by atoms with E-state index >= 15 is 0 Å².